The molecule has 0 amide bonds. The highest BCUT2D eigenvalue weighted by atomic mass is 35.5. The molecule has 0 aliphatic carbocycles. The normalized spacial score (nSPS) is 21.1. The predicted molar refractivity (Wildman–Crippen MR) is 95.8 cm³/mol. The van der Waals surface area contributed by atoms with Gasteiger partial charge in [-0.15, -0.1) is 12.4 Å². The monoisotopic (exact) mass is 353 g/mol. The lowest BCUT2D eigenvalue weighted by atomic mass is 9.91. The van der Waals surface area contributed by atoms with E-state index in [2.05, 4.69) is 17.4 Å². The van der Waals surface area contributed by atoms with E-state index >= 15 is 0 Å². The Bertz CT molecular complexity index is 599. The van der Waals surface area contributed by atoms with Gasteiger partial charge in [0.2, 0.25) is 0 Å². The first kappa shape index (κ1) is 18.1. The molecule has 1 saturated heterocycles. The molecular weight excluding hydrogens is 333 g/mol. The van der Waals surface area contributed by atoms with Gasteiger partial charge in [0.1, 0.15) is 18.0 Å². The Kier molecular flexibility index (Phi) is 6.72. The van der Waals surface area contributed by atoms with E-state index in [9.17, 15) is 0 Å². The van der Waals surface area contributed by atoms with E-state index in [0.29, 0.717) is 24.0 Å². The van der Waals surface area contributed by atoms with E-state index < -0.39 is 5.60 Å². The smallest absolute Gasteiger partial charge is 0.138 e. The van der Waals surface area contributed by atoms with Crippen LogP contribution in [-0.4, -0.2) is 26.3 Å². The molecule has 1 aliphatic rings. The summed E-state index contributed by atoms with van der Waals surface area (Å²) in [7, 11) is 0. The molecule has 3 nitrogen and oxygen atoms in total. The number of ether oxygens (including phenoxy) is 2. The van der Waals surface area contributed by atoms with Crippen LogP contribution in [-0.2, 0) is 10.3 Å². The van der Waals surface area contributed by atoms with Gasteiger partial charge in [-0.05, 0) is 30.7 Å². The molecular formula is C18H21Cl2NO2. The highest BCUT2D eigenvalue weighted by Crippen LogP contribution is 2.33. The fraction of sp³-hybridized carbons (Fsp3) is 0.333. The second-order valence-electron chi connectivity index (χ2n) is 5.43. The first-order valence-electron chi connectivity index (χ1n) is 7.58. The summed E-state index contributed by atoms with van der Waals surface area (Å²) >= 11 is 6.19. The second-order valence-corrected chi connectivity index (χ2v) is 5.84. The third-order valence-electron chi connectivity index (χ3n) is 3.96. The van der Waals surface area contributed by atoms with Crippen LogP contribution in [0.2, 0.25) is 5.02 Å². The molecule has 0 aromatic heterocycles. The standard InChI is InChI=1S/C18H20ClNO2.ClH/c19-16-8-4-5-9-17(16)21-14-18(10-11-20-12-13-22-18)15-6-2-1-3-7-15;/h1-9,20H,10-14H2;1H. The first-order valence-corrected chi connectivity index (χ1v) is 7.95. The number of rotatable bonds is 4. The molecule has 1 heterocycles. The Hall–Kier alpha value is -1.26. The minimum atomic E-state index is -0.441. The molecule has 1 aliphatic heterocycles. The maximum atomic E-state index is 6.21. The molecule has 1 fully saturated rings. The van der Waals surface area contributed by atoms with Crippen LogP contribution in [0.4, 0.5) is 0 Å². The molecule has 3 rings (SSSR count). The first-order chi connectivity index (χ1) is 10.8. The van der Waals surface area contributed by atoms with Crippen LogP contribution in [0.15, 0.2) is 54.6 Å². The van der Waals surface area contributed by atoms with Gasteiger partial charge < -0.3 is 14.8 Å². The zero-order valence-electron chi connectivity index (χ0n) is 12.8. The van der Waals surface area contributed by atoms with Gasteiger partial charge in [0, 0.05) is 6.54 Å². The molecule has 0 spiro atoms. The van der Waals surface area contributed by atoms with Crippen molar-refractivity contribution in [2.24, 2.45) is 0 Å². The second kappa shape index (κ2) is 8.55. The molecule has 1 N–H and O–H groups in total. The molecule has 0 radical (unpaired) electrons. The van der Waals surface area contributed by atoms with E-state index in [4.69, 9.17) is 21.1 Å². The lowest BCUT2D eigenvalue weighted by Crippen LogP contribution is -2.37. The van der Waals surface area contributed by atoms with Crippen LogP contribution < -0.4 is 10.1 Å². The van der Waals surface area contributed by atoms with Crippen molar-refractivity contribution < 1.29 is 9.47 Å². The predicted octanol–water partition coefficient (Wildman–Crippen LogP) is 4.05. The average Bonchev–Trinajstić information content (AvgIpc) is 2.82. The van der Waals surface area contributed by atoms with Crippen LogP contribution in [0.1, 0.15) is 12.0 Å². The zero-order chi connectivity index (χ0) is 15.3. The number of halogens is 2. The van der Waals surface area contributed by atoms with E-state index in [1.165, 1.54) is 0 Å². The van der Waals surface area contributed by atoms with Gasteiger partial charge in [-0.1, -0.05) is 54.1 Å². The Morgan fingerprint density at radius 3 is 2.57 bits per heavy atom. The largest absolute Gasteiger partial charge is 0.489 e. The Morgan fingerprint density at radius 2 is 1.78 bits per heavy atom. The van der Waals surface area contributed by atoms with Crippen molar-refractivity contribution in [3.05, 3.63) is 65.2 Å². The molecule has 0 bridgehead atoms. The Balaban J connectivity index is 0.00000192. The van der Waals surface area contributed by atoms with Crippen molar-refractivity contribution in [1.82, 2.24) is 5.32 Å². The average molecular weight is 354 g/mol. The van der Waals surface area contributed by atoms with Crippen molar-refractivity contribution in [1.29, 1.82) is 0 Å². The third-order valence-corrected chi connectivity index (χ3v) is 4.27. The summed E-state index contributed by atoms with van der Waals surface area (Å²) in [5.41, 5.74) is 0.704. The van der Waals surface area contributed by atoms with E-state index in [-0.39, 0.29) is 12.4 Å². The van der Waals surface area contributed by atoms with E-state index in [0.717, 1.165) is 25.1 Å². The third kappa shape index (κ3) is 4.39. The zero-order valence-corrected chi connectivity index (χ0v) is 14.4. The minimum absolute atomic E-state index is 0. The van der Waals surface area contributed by atoms with Crippen LogP contribution >= 0.6 is 24.0 Å². The molecule has 124 valence electrons. The van der Waals surface area contributed by atoms with Gasteiger partial charge in [-0.3, -0.25) is 0 Å². The van der Waals surface area contributed by atoms with Crippen LogP contribution in [0.25, 0.3) is 0 Å². The fourth-order valence-electron chi connectivity index (χ4n) is 2.73. The summed E-state index contributed by atoms with van der Waals surface area (Å²) in [6, 6.07) is 17.8. The van der Waals surface area contributed by atoms with Gasteiger partial charge in [0.25, 0.3) is 0 Å². The number of para-hydroxylation sites is 1. The van der Waals surface area contributed by atoms with Crippen LogP contribution in [0.3, 0.4) is 0 Å². The number of benzene rings is 2. The maximum Gasteiger partial charge on any atom is 0.138 e. The quantitative estimate of drug-likeness (QED) is 0.899. The van der Waals surface area contributed by atoms with Gasteiger partial charge in [0.15, 0.2) is 0 Å². The molecule has 23 heavy (non-hydrogen) atoms. The van der Waals surface area contributed by atoms with Crippen molar-refractivity contribution in [2.45, 2.75) is 12.0 Å². The van der Waals surface area contributed by atoms with Crippen molar-refractivity contribution in [3.8, 4) is 5.75 Å². The van der Waals surface area contributed by atoms with Crippen molar-refractivity contribution >= 4 is 24.0 Å². The van der Waals surface area contributed by atoms with Gasteiger partial charge in [0.05, 0.1) is 11.6 Å². The Labute approximate surface area is 148 Å². The highest BCUT2D eigenvalue weighted by molar-refractivity contribution is 6.32. The molecule has 0 saturated carbocycles. The molecule has 2 aromatic rings. The topological polar surface area (TPSA) is 30.5 Å². The van der Waals surface area contributed by atoms with Gasteiger partial charge >= 0.3 is 0 Å². The summed E-state index contributed by atoms with van der Waals surface area (Å²) in [5, 5.41) is 4.00. The van der Waals surface area contributed by atoms with Gasteiger partial charge in [-0.2, -0.15) is 0 Å². The molecule has 5 heteroatoms. The number of hydrogen-bond acceptors (Lipinski definition) is 3. The van der Waals surface area contributed by atoms with Crippen molar-refractivity contribution in [3.63, 3.8) is 0 Å². The summed E-state index contributed by atoms with van der Waals surface area (Å²) in [4.78, 5) is 0. The molecule has 1 atom stereocenters. The molecule has 1 unspecified atom stereocenters. The summed E-state index contributed by atoms with van der Waals surface area (Å²) in [6.45, 7) is 2.88. The SMILES string of the molecule is Cl.Clc1ccccc1OCC1(c2ccccc2)CCNCCO1. The Morgan fingerprint density at radius 1 is 1.04 bits per heavy atom. The summed E-state index contributed by atoms with van der Waals surface area (Å²) < 4.78 is 12.2. The maximum absolute atomic E-state index is 6.21. The lowest BCUT2D eigenvalue weighted by Gasteiger charge is -2.33. The number of hydrogen-bond donors (Lipinski definition) is 1. The van der Waals surface area contributed by atoms with Gasteiger partial charge in [-0.25, -0.2) is 0 Å². The lowest BCUT2D eigenvalue weighted by molar-refractivity contribution is -0.0724. The summed E-state index contributed by atoms with van der Waals surface area (Å²) in [5.74, 6) is 0.695. The van der Waals surface area contributed by atoms with Crippen molar-refractivity contribution in [2.75, 3.05) is 26.3 Å². The minimum Gasteiger partial charge on any atom is -0.489 e. The number of nitrogens with one attached hydrogen (secondary N) is 1. The van der Waals surface area contributed by atoms with E-state index in [1.807, 2.05) is 42.5 Å². The van der Waals surface area contributed by atoms with E-state index in [1.54, 1.807) is 0 Å². The van der Waals surface area contributed by atoms with Crippen LogP contribution in [0, 0.1) is 0 Å². The van der Waals surface area contributed by atoms with Crippen LogP contribution in [0.5, 0.6) is 5.75 Å². The highest BCUT2D eigenvalue weighted by Gasteiger charge is 2.35. The molecule has 2 aromatic carbocycles. The summed E-state index contributed by atoms with van der Waals surface area (Å²) in [6.07, 6.45) is 0.863. The fourth-order valence-corrected chi connectivity index (χ4v) is 2.92.